The first-order valence-electron chi connectivity index (χ1n) is 12.1. The van der Waals surface area contributed by atoms with Crippen LogP contribution in [0.1, 0.15) is 71.4 Å². The standard InChI is InChI=1S/C30H29Cl2NO4/c1-3-23(31)15-16-25(4-2)33(26-17-18-27(30(36)37)28(34)19-26)29(35)22-11-7-20(8-12-22)5-6-21-9-13-24(32)14-10-21/h7-14,17-19,23,25,34H,3-4,15-16H2,1-2H3,(H,36,37). The zero-order chi connectivity index (χ0) is 26.9. The second-order valence-electron chi connectivity index (χ2n) is 8.66. The fourth-order valence-corrected chi connectivity index (χ4v) is 4.20. The number of hydrogen-bond donors (Lipinski definition) is 2. The van der Waals surface area contributed by atoms with Crippen molar-refractivity contribution in [3.05, 3.63) is 94.0 Å². The molecule has 1 amide bonds. The second kappa shape index (κ2) is 13.2. The number of hydrogen-bond acceptors (Lipinski definition) is 3. The summed E-state index contributed by atoms with van der Waals surface area (Å²) in [6.07, 6.45) is 2.86. The van der Waals surface area contributed by atoms with Crippen LogP contribution in [-0.2, 0) is 0 Å². The third kappa shape index (κ3) is 7.52. The number of nitrogens with zero attached hydrogens (tertiary/aromatic N) is 1. The van der Waals surface area contributed by atoms with Crippen molar-refractivity contribution in [3.8, 4) is 17.6 Å². The van der Waals surface area contributed by atoms with E-state index < -0.39 is 11.7 Å². The number of anilines is 1. The first-order valence-corrected chi connectivity index (χ1v) is 13.0. The predicted molar refractivity (Wildman–Crippen MR) is 149 cm³/mol. The van der Waals surface area contributed by atoms with Gasteiger partial charge >= 0.3 is 5.97 Å². The molecule has 0 aromatic heterocycles. The maximum Gasteiger partial charge on any atom is 0.339 e. The van der Waals surface area contributed by atoms with Gasteiger partial charge in [0, 0.05) is 44.9 Å². The number of carboxylic acids is 1. The molecule has 0 aliphatic carbocycles. The summed E-state index contributed by atoms with van der Waals surface area (Å²) in [7, 11) is 0. The van der Waals surface area contributed by atoms with Crippen LogP contribution in [0.4, 0.5) is 5.69 Å². The lowest BCUT2D eigenvalue weighted by molar-refractivity contribution is 0.0693. The van der Waals surface area contributed by atoms with E-state index in [1.165, 1.54) is 12.1 Å². The van der Waals surface area contributed by atoms with Crippen LogP contribution >= 0.6 is 23.2 Å². The third-order valence-corrected chi connectivity index (χ3v) is 6.91. The van der Waals surface area contributed by atoms with Crippen LogP contribution in [0.5, 0.6) is 5.75 Å². The zero-order valence-electron chi connectivity index (χ0n) is 20.7. The molecule has 0 radical (unpaired) electrons. The van der Waals surface area contributed by atoms with E-state index in [1.807, 2.05) is 26.0 Å². The summed E-state index contributed by atoms with van der Waals surface area (Å²) in [4.78, 5) is 26.8. The van der Waals surface area contributed by atoms with Gasteiger partial charge in [-0.1, -0.05) is 37.3 Å². The Kier molecular flexibility index (Phi) is 10.0. The molecule has 0 fully saturated rings. The van der Waals surface area contributed by atoms with Crippen LogP contribution in [-0.4, -0.2) is 33.5 Å². The molecule has 0 saturated carbocycles. The summed E-state index contributed by atoms with van der Waals surface area (Å²) in [5.41, 5.74) is 2.24. The molecule has 7 heteroatoms. The molecule has 0 aliphatic rings. The number of carbonyl (C=O) groups is 2. The van der Waals surface area contributed by atoms with Gasteiger partial charge in [-0.05, 0) is 86.3 Å². The number of aromatic hydroxyl groups is 1. The Morgan fingerprint density at radius 2 is 1.49 bits per heavy atom. The van der Waals surface area contributed by atoms with Gasteiger partial charge in [0.1, 0.15) is 11.3 Å². The number of benzene rings is 3. The van der Waals surface area contributed by atoms with Crippen molar-refractivity contribution in [2.24, 2.45) is 0 Å². The minimum Gasteiger partial charge on any atom is -0.507 e. The van der Waals surface area contributed by atoms with Gasteiger partial charge < -0.3 is 15.1 Å². The predicted octanol–water partition coefficient (Wildman–Crippen LogP) is 7.37. The van der Waals surface area contributed by atoms with Crippen molar-refractivity contribution >= 4 is 40.8 Å². The number of halogens is 2. The van der Waals surface area contributed by atoms with E-state index in [0.29, 0.717) is 29.1 Å². The van der Waals surface area contributed by atoms with Crippen molar-refractivity contribution in [3.63, 3.8) is 0 Å². The summed E-state index contributed by atoms with van der Waals surface area (Å²) in [6, 6.07) is 18.2. The van der Waals surface area contributed by atoms with Crippen molar-refractivity contribution in [2.45, 2.75) is 50.9 Å². The molecule has 2 atom stereocenters. The number of phenols is 1. The highest BCUT2D eigenvalue weighted by Gasteiger charge is 2.27. The molecular weight excluding hydrogens is 509 g/mol. The first-order chi connectivity index (χ1) is 17.7. The van der Waals surface area contributed by atoms with Gasteiger partial charge in [0.2, 0.25) is 0 Å². The molecule has 37 heavy (non-hydrogen) atoms. The largest absolute Gasteiger partial charge is 0.507 e. The average molecular weight is 538 g/mol. The van der Waals surface area contributed by atoms with Crippen LogP contribution in [0, 0.1) is 11.8 Å². The molecule has 3 aromatic carbocycles. The summed E-state index contributed by atoms with van der Waals surface area (Å²) in [6.45, 7) is 4.00. The molecule has 0 heterocycles. The minimum atomic E-state index is -1.24. The molecule has 192 valence electrons. The number of alkyl halides is 1. The average Bonchev–Trinajstić information content (AvgIpc) is 2.90. The molecule has 2 unspecified atom stereocenters. The second-order valence-corrected chi connectivity index (χ2v) is 9.71. The highest BCUT2D eigenvalue weighted by Crippen LogP contribution is 2.30. The van der Waals surface area contributed by atoms with Crippen LogP contribution in [0.15, 0.2) is 66.7 Å². The molecule has 0 bridgehead atoms. The fraction of sp³-hybridized carbons (Fsp3) is 0.267. The normalized spacial score (nSPS) is 12.2. The topological polar surface area (TPSA) is 77.8 Å². The van der Waals surface area contributed by atoms with E-state index in [4.69, 9.17) is 23.2 Å². The maximum absolute atomic E-state index is 13.8. The van der Waals surface area contributed by atoms with Gasteiger partial charge in [-0.2, -0.15) is 0 Å². The van der Waals surface area contributed by atoms with E-state index in [0.717, 1.165) is 24.0 Å². The molecule has 0 saturated heterocycles. The Morgan fingerprint density at radius 3 is 2.00 bits per heavy atom. The molecule has 5 nitrogen and oxygen atoms in total. The van der Waals surface area contributed by atoms with E-state index in [2.05, 4.69) is 11.8 Å². The van der Waals surface area contributed by atoms with E-state index in [9.17, 15) is 19.8 Å². The summed E-state index contributed by atoms with van der Waals surface area (Å²) in [5.74, 6) is 4.27. The van der Waals surface area contributed by atoms with E-state index in [1.54, 1.807) is 47.4 Å². The molecule has 3 rings (SSSR count). The van der Waals surface area contributed by atoms with Crippen LogP contribution in [0.3, 0.4) is 0 Å². The highest BCUT2D eigenvalue weighted by molar-refractivity contribution is 6.30. The monoisotopic (exact) mass is 537 g/mol. The SMILES string of the molecule is CCC(Cl)CCC(CC)N(C(=O)c1ccc(C#Cc2ccc(Cl)cc2)cc1)c1ccc(C(=O)O)c(O)c1. The van der Waals surface area contributed by atoms with Crippen LogP contribution in [0.2, 0.25) is 5.02 Å². The maximum atomic E-state index is 13.8. The number of carbonyl (C=O) groups excluding carboxylic acids is 1. The zero-order valence-corrected chi connectivity index (χ0v) is 22.3. The quantitative estimate of drug-likeness (QED) is 0.220. The fourth-order valence-electron chi connectivity index (χ4n) is 3.95. The van der Waals surface area contributed by atoms with Crippen molar-refractivity contribution in [2.75, 3.05) is 4.90 Å². The Hall–Kier alpha value is -3.46. The number of aromatic carboxylic acids is 1. The lowest BCUT2D eigenvalue weighted by Gasteiger charge is -2.32. The lowest BCUT2D eigenvalue weighted by atomic mass is 10.0. The van der Waals surface area contributed by atoms with Gasteiger partial charge in [0.05, 0.1) is 0 Å². The molecule has 3 aromatic rings. The lowest BCUT2D eigenvalue weighted by Crippen LogP contribution is -2.40. The Bertz CT molecular complexity index is 1290. The smallest absolute Gasteiger partial charge is 0.339 e. The van der Waals surface area contributed by atoms with E-state index in [-0.39, 0.29) is 22.9 Å². The number of rotatable bonds is 9. The third-order valence-electron chi connectivity index (χ3n) is 6.13. The van der Waals surface area contributed by atoms with E-state index >= 15 is 0 Å². The van der Waals surface area contributed by atoms with Crippen molar-refractivity contribution in [1.82, 2.24) is 0 Å². The number of amides is 1. The molecule has 0 aliphatic heterocycles. The van der Waals surface area contributed by atoms with Gasteiger partial charge in [0.15, 0.2) is 0 Å². The summed E-state index contributed by atoms with van der Waals surface area (Å²) >= 11 is 12.3. The molecule has 2 N–H and O–H groups in total. The van der Waals surface area contributed by atoms with Gasteiger partial charge in [0.25, 0.3) is 5.91 Å². The van der Waals surface area contributed by atoms with Gasteiger partial charge in [-0.25, -0.2) is 4.79 Å². The van der Waals surface area contributed by atoms with Crippen LogP contribution < -0.4 is 4.90 Å². The molecule has 0 spiro atoms. The first kappa shape index (κ1) is 28.1. The van der Waals surface area contributed by atoms with Crippen molar-refractivity contribution in [1.29, 1.82) is 0 Å². The van der Waals surface area contributed by atoms with Crippen molar-refractivity contribution < 1.29 is 19.8 Å². The van der Waals surface area contributed by atoms with Gasteiger partial charge in [-0.3, -0.25) is 4.79 Å². The minimum absolute atomic E-state index is 0.00714. The van der Waals surface area contributed by atoms with Gasteiger partial charge in [-0.15, -0.1) is 11.6 Å². The molecular formula is C30H29Cl2NO4. The van der Waals surface area contributed by atoms with Crippen LogP contribution in [0.25, 0.3) is 0 Å². The Balaban J connectivity index is 1.92. The Labute approximate surface area is 227 Å². The highest BCUT2D eigenvalue weighted by atomic mass is 35.5. The summed E-state index contributed by atoms with van der Waals surface area (Å²) in [5, 5.41) is 20.2. The summed E-state index contributed by atoms with van der Waals surface area (Å²) < 4.78 is 0. The number of carboxylic acid groups (broad SMARTS) is 1. The Morgan fingerprint density at radius 1 is 0.892 bits per heavy atom.